The second-order valence-corrected chi connectivity index (χ2v) is 5.69. The highest BCUT2D eigenvalue weighted by molar-refractivity contribution is 5.79. The van der Waals surface area contributed by atoms with E-state index in [0.29, 0.717) is 12.7 Å². The number of nitrogens with one attached hydrogen (secondary N) is 1. The first-order chi connectivity index (χ1) is 12.2. The predicted molar refractivity (Wildman–Crippen MR) is 95.1 cm³/mol. The lowest BCUT2D eigenvalue weighted by atomic mass is 10.1. The average molecular weight is 334 g/mol. The van der Waals surface area contributed by atoms with Crippen molar-refractivity contribution in [2.75, 3.05) is 0 Å². The molecule has 5 heteroatoms. The fourth-order valence-electron chi connectivity index (χ4n) is 2.53. The first kappa shape index (κ1) is 16.6. The Kier molecular flexibility index (Phi) is 5.36. The molecule has 1 N–H and O–H groups in total. The number of para-hydroxylation sites is 1. The quantitative estimate of drug-likeness (QED) is 0.703. The Morgan fingerprint density at radius 1 is 1.08 bits per heavy atom. The van der Waals surface area contributed by atoms with E-state index >= 15 is 0 Å². The van der Waals surface area contributed by atoms with E-state index < -0.39 is 12.1 Å². The molecule has 25 heavy (non-hydrogen) atoms. The third-order valence-corrected chi connectivity index (χ3v) is 3.78. The molecule has 1 atom stereocenters. The van der Waals surface area contributed by atoms with Gasteiger partial charge in [-0.15, -0.1) is 0 Å². The Hall–Kier alpha value is -3.21. The van der Waals surface area contributed by atoms with Crippen LogP contribution in [0.5, 0.6) is 0 Å². The predicted octanol–water partition coefficient (Wildman–Crippen LogP) is 3.27. The zero-order valence-electron chi connectivity index (χ0n) is 13.6. The van der Waals surface area contributed by atoms with E-state index in [1.54, 1.807) is 6.20 Å². The van der Waals surface area contributed by atoms with Crippen LogP contribution in [0.1, 0.15) is 11.1 Å². The second-order valence-electron chi connectivity index (χ2n) is 5.69. The number of alkyl carbamates (subject to hydrolysis) is 1. The van der Waals surface area contributed by atoms with Crippen molar-refractivity contribution >= 4 is 23.3 Å². The summed E-state index contributed by atoms with van der Waals surface area (Å²) in [6.45, 7) is 0.162. The minimum atomic E-state index is -0.661. The summed E-state index contributed by atoms with van der Waals surface area (Å²) < 4.78 is 5.14. The van der Waals surface area contributed by atoms with Gasteiger partial charge in [-0.1, -0.05) is 48.5 Å². The van der Waals surface area contributed by atoms with Gasteiger partial charge in [-0.3, -0.25) is 4.98 Å². The highest BCUT2D eigenvalue weighted by Crippen LogP contribution is 2.13. The molecule has 0 saturated heterocycles. The van der Waals surface area contributed by atoms with Crippen LogP contribution < -0.4 is 5.32 Å². The summed E-state index contributed by atoms with van der Waals surface area (Å²) >= 11 is 0. The molecule has 0 saturated carbocycles. The first-order valence-corrected chi connectivity index (χ1v) is 8.01. The molecule has 2 aromatic carbocycles. The summed E-state index contributed by atoms with van der Waals surface area (Å²) in [6, 6.07) is 18.4. The molecule has 0 fully saturated rings. The number of fused-ring (bicyclic) bond motifs is 1. The number of hydrogen-bond acceptors (Lipinski definition) is 4. The fraction of sp³-hybridized carbons (Fsp3) is 0.150. The third kappa shape index (κ3) is 4.64. The Labute approximate surface area is 145 Å². The van der Waals surface area contributed by atoms with Crippen LogP contribution in [0.4, 0.5) is 4.79 Å². The highest BCUT2D eigenvalue weighted by Gasteiger charge is 2.13. The number of carbonyl (C=O) groups is 2. The minimum absolute atomic E-state index is 0.162. The van der Waals surface area contributed by atoms with Crippen LogP contribution in [0.3, 0.4) is 0 Å². The van der Waals surface area contributed by atoms with E-state index in [1.165, 1.54) is 0 Å². The van der Waals surface area contributed by atoms with Crippen LogP contribution in [0.2, 0.25) is 0 Å². The van der Waals surface area contributed by atoms with Gasteiger partial charge in [-0.05, 0) is 23.3 Å². The molecule has 0 aliphatic rings. The van der Waals surface area contributed by atoms with Gasteiger partial charge in [-0.25, -0.2) is 4.79 Å². The van der Waals surface area contributed by atoms with Crippen LogP contribution in [0.15, 0.2) is 66.9 Å². The van der Waals surface area contributed by atoms with Gasteiger partial charge in [0.05, 0.1) is 11.6 Å². The number of pyridine rings is 1. The van der Waals surface area contributed by atoms with E-state index in [0.717, 1.165) is 22.0 Å². The molecule has 0 spiro atoms. The summed E-state index contributed by atoms with van der Waals surface area (Å²) in [5, 5.41) is 3.57. The number of ether oxygens (including phenoxy) is 1. The van der Waals surface area contributed by atoms with Gasteiger partial charge in [0.25, 0.3) is 0 Å². The molecule has 3 rings (SSSR count). The smallest absolute Gasteiger partial charge is 0.408 e. The molecule has 0 unspecified atom stereocenters. The Morgan fingerprint density at radius 3 is 2.64 bits per heavy atom. The Balaban J connectivity index is 1.57. The maximum Gasteiger partial charge on any atom is 0.408 e. The molecular formula is C20H18N2O3. The van der Waals surface area contributed by atoms with Crippen molar-refractivity contribution in [3.63, 3.8) is 0 Å². The second kappa shape index (κ2) is 8.06. The van der Waals surface area contributed by atoms with Gasteiger partial charge >= 0.3 is 6.09 Å². The number of benzene rings is 2. The van der Waals surface area contributed by atoms with Gasteiger partial charge in [0.15, 0.2) is 0 Å². The molecular weight excluding hydrogens is 316 g/mol. The zero-order valence-corrected chi connectivity index (χ0v) is 13.6. The number of carbonyl (C=O) groups excluding carboxylic acids is 2. The summed E-state index contributed by atoms with van der Waals surface area (Å²) in [5.41, 5.74) is 2.65. The summed E-state index contributed by atoms with van der Waals surface area (Å²) in [4.78, 5) is 27.5. The highest BCUT2D eigenvalue weighted by atomic mass is 16.5. The van der Waals surface area contributed by atoms with Gasteiger partial charge in [0, 0.05) is 18.0 Å². The first-order valence-electron chi connectivity index (χ1n) is 8.01. The van der Waals surface area contributed by atoms with Gasteiger partial charge < -0.3 is 14.8 Å². The number of aldehydes is 1. The number of hydrogen-bond donors (Lipinski definition) is 1. The van der Waals surface area contributed by atoms with Crippen LogP contribution in [-0.4, -0.2) is 23.4 Å². The van der Waals surface area contributed by atoms with Crippen molar-refractivity contribution in [2.24, 2.45) is 0 Å². The van der Waals surface area contributed by atoms with Crippen LogP contribution >= 0.6 is 0 Å². The third-order valence-electron chi connectivity index (χ3n) is 3.78. The average Bonchev–Trinajstić information content (AvgIpc) is 2.66. The topological polar surface area (TPSA) is 68.3 Å². The molecule has 3 aromatic rings. The SMILES string of the molecule is O=C[C@H](Cc1cnc2ccccc2c1)NC(=O)OCc1ccccc1. The Morgan fingerprint density at radius 2 is 1.84 bits per heavy atom. The van der Waals surface area contributed by atoms with Gasteiger partial charge in [0.1, 0.15) is 12.9 Å². The molecule has 5 nitrogen and oxygen atoms in total. The maximum atomic E-state index is 11.9. The van der Waals surface area contributed by atoms with Crippen molar-refractivity contribution in [1.82, 2.24) is 10.3 Å². The molecule has 1 heterocycles. The van der Waals surface area contributed by atoms with Crippen molar-refractivity contribution < 1.29 is 14.3 Å². The number of aromatic nitrogens is 1. The minimum Gasteiger partial charge on any atom is -0.445 e. The summed E-state index contributed by atoms with van der Waals surface area (Å²) in [5.74, 6) is 0. The lowest BCUT2D eigenvalue weighted by Crippen LogP contribution is -2.37. The molecule has 126 valence electrons. The lowest BCUT2D eigenvalue weighted by molar-refractivity contribution is -0.109. The number of amides is 1. The molecule has 1 amide bonds. The number of nitrogens with zero attached hydrogens (tertiary/aromatic N) is 1. The molecule has 1 aromatic heterocycles. The summed E-state index contributed by atoms with van der Waals surface area (Å²) in [7, 11) is 0. The van der Waals surface area contributed by atoms with Crippen LogP contribution in [0.25, 0.3) is 10.9 Å². The van der Waals surface area contributed by atoms with E-state index in [9.17, 15) is 9.59 Å². The molecule has 0 aliphatic carbocycles. The summed E-state index contributed by atoms with van der Waals surface area (Å²) in [6.07, 6.45) is 2.17. The van der Waals surface area contributed by atoms with Crippen molar-refractivity contribution in [1.29, 1.82) is 0 Å². The van der Waals surface area contributed by atoms with Gasteiger partial charge in [0.2, 0.25) is 0 Å². The monoisotopic (exact) mass is 334 g/mol. The Bertz CT molecular complexity index is 865. The maximum absolute atomic E-state index is 11.9. The molecule has 0 radical (unpaired) electrons. The van der Waals surface area contributed by atoms with Crippen molar-refractivity contribution in [3.8, 4) is 0 Å². The molecule has 0 aliphatic heterocycles. The normalized spacial score (nSPS) is 11.7. The molecule has 0 bridgehead atoms. The lowest BCUT2D eigenvalue weighted by Gasteiger charge is -2.13. The van der Waals surface area contributed by atoms with E-state index in [4.69, 9.17) is 4.74 Å². The standard InChI is InChI=1S/C20H18N2O3/c23-13-18(22-20(24)25-14-15-6-2-1-3-7-15)11-16-10-17-8-4-5-9-19(17)21-12-16/h1-10,12-13,18H,11,14H2,(H,22,24)/t18-/m0/s1. The van der Waals surface area contributed by atoms with Crippen molar-refractivity contribution in [2.45, 2.75) is 19.1 Å². The fourth-order valence-corrected chi connectivity index (χ4v) is 2.53. The zero-order chi connectivity index (χ0) is 17.5. The van der Waals surface area contributed by atoms with E-state index in [-0.39, 0.29) is 6.61 Å². The largest absolute Gasteiger partial charge is 0.445 e. The van der Waals surface area contributed by atoms with Gasteiger partial charge in [-0.2, -0.15) is 0 Å². The van der Waals surface area contributed by atoms with Crippen LogP contribution in [0, 0.1) is 0 Å². The van der Waals surface area contributed by atoms with E-state index in [1.807, 2.05) is 60.7 Å². The number of rotatable bonds is 6. The van der Waals surface area contributed by atoms with Crippen LogP contribution in [-0.2, 0) is 22.6 Å². The van der Waals surface area contributed by atoms with Crippen molar-refractivity contribution in [3.05, 3.63) is 78.0 Å². The van der Waals surface area contributed by atoms with E-state index in [2.05, 4.69) is 10.3 Å².